The number of hydroxylamine groups is 1. The van der Waals surface area contributed by atoms with Gasteiger partial charge in [-0.25, -0.2) is 15.1 Å². The molecule has 0 bridgehead atoms. The fourth-order valence-corrected chi connectivity index (χ4v) is 3.56. The van der Waals surface area contributed by atoms with E-state index in [9.17, 15) is 9.59 Å². The topological polar surface area (TPSA) is 142 Å². The molecule has 10 nitrogen and oxygen atoms in total. The first-order chi connectivity index (χ1) is 16.1. The summed E-state index contributed by atoms with van der Waals surface area (Å²) in [7, 11) is 4.68. The molecule has 2 amide bonds. The molecule has 0 saturated heterocycles. The molecule has 4 N–H and O–H groups in total. The first-order valence-electron chi connectivity index (χ1n) is 10.1. The largest absolute Gasteiger partial charge is 0.497 e. The van der Waals surface area contributed by atoms with Crippen LogP contribution in [-0.2, 0) is 0 Å². The van der Waals surface area contributed by atoms with E-state index in [-0.39, 0.29) is 0 Å². The van der Waals surface area contributed by atoms with Crippen molar-refractivity contribution >= 4 is 23.1 Å². The maximum absolute atomic E-state index is 12.9. The van der Waals surface area contributed by atoms with Gasteiger partial charge >= 0.3 is 11.7 Å². The number of amides is 2. The second-order valence-corrected chi connectivity index (χ2v) is 7.74. The van der Waals surface area contributed by atoms with Gasteiger partial charge in [-0.3, -0.25) is 5.21 Å². The number of benzene rings is 2. The lowest BCUT2D eigenvalue weighted by atomic mass is 9.98. The van der Waals surface area contributed by atoms with Crippen LogP contribution in [0.3, 0.4) is 0 Å². The molecule has 180 valence electrons. The molecule has 3 aromatic rings. The molecule has 0 unspecified atom stereocenters. The fraction of sp³-hybridized carbons (Fsp3) is 0.250. The van der Waals surface area contributed by atoms with Gasteiger partial charge in [0.15, 0.2) is 0 Å². The van der Waals surface area contributed by atoms with Crippen molar-refractivity contribution in [2.24, 2.45) is 5.73 Å². The second kappa shape index (κ2) is 9.75. The Hall–Kier alpha value is -4.18. The lowest BCUT2D eigenvalue weighted by Crippen LogP contribution is -2.27. The molecule has 1 aliphatic heterocycles. The number of carbonyl (C=O) groups excluding carboxylic acids is 1. The van der Waals surface area contributed by atoms with Crippen molar-refractivity contribution in [3.63, 3.8) is 0 Å². The van der Waals surface area contributed by atoms with E-state index >= 15 is 0 Å². The minimum Gasteiger partial charge on any atom is -0.497 e. The summed E-state index contributed by atoms with van der Waals surface area (Å²) in [6.07, 6.45) is 3.91. The summed E-state index contributed by atoms with van der Waals surface area (Å²) in [5, 5.41) is 8.00. The molecule has 0 fully saturated rings. The number of ether oxygens (including phenoxy) is 4. The van der Waals surface area contributed by atoms with Gasteiger partial charge in [0.05, 0.1) is 26.9 Å². The molecule has 2 heterocycles. The van der Waals surface area contributed by atoms with E-state index in [1.807, 2.05) is 26.0 Å². The Labute approximate surface area is 195 Å². The number of nitrogens with two attached hydrogens (primary N) is 1. The monoisotopic (exact) mass is 470 g/mol. The summed E-state index contributed by atoms with van der Waals surface area (Å²) < 4.78 is 28.3. The SMILES string of the molecule is COc1ccc(-c2c(OC)c3c(OC)c4c(cc3oc2=O)OC(C)(C)C=C4)cc1.NC(=O)NO. The molecular formula is C24H26N2O8. The van der Waals surface area contributed by atoms with Crippen LogP contribution >= 0.6 is 0 Å². The Morgan fingerprint density at radius 1 is 1.06 bits per heavy atom. The van der Waals surface area contributed by atoms with Crippen LogP contribution in [0.5, 0.6) is 23.0 Å². The average molecular weight is 470 g/mol. The van der Waals surface area contributed by atoms with Gasteiger partial charge in [-0.05, 0) is 43.7 Å². The first-order valence-corrected chi connectivity index (χ1v) is 10.1. The number of methoxy groups -OCH3 is 3. The van der Waals surface area contributed by atoms with Gasteiger partial charge in [0.1, 0.15) is 45.1 Å². The average Bonchev–Trinajstić information content (AvgIpc) is 2.81. The Morgan fingerprint density at radius 3 is 2.21 bits per heavy atom. The van der Waals surface area contributed by atoms with Crippen LogP contribution in [0.25, 0.3) is 28.2 Å². The molecule has 0 radical (unpaired) electrons. The van der Waals surface area contributed by atoms with Crippen molar-refractivity contribution in [3.05, 3.63) is 52.4 Å². The van der Waals surface area contributed by atoms with Crippen molar-refractivity contribution in [3.8, 4) is 34.1 Å². The molecule has 0 spiro atoms. The van der Waals surface area contributed by atoms with E-state index in [0.717, 1.165) is 5.56 Å². The Kier molecular flexibility index (Phi) is 7.02. The molecule has 4 rings (SSSR count). The predicted octanol–water partition coefficient (Wildman–Crippen LogP) is 3.71. The van der Waals surface area contributed by atoms with Gasteiger partial charge in [0.25, 0.3) is 0 Å². The van der Waals surface area contributed by atoms with Crippen LogP contribution in [0.15, 0.2) is 45.6 Å². The van der Waals surface area contributed by atoms with Crippen LogP contribution in [0.1, 0.15) is 19.4 Å². The Morgan fingerprint density at radius 2 is 1.68 bits per heavy atom. The Bertz CT molecular complexity index is 1290. The number of rotatable bonds is 4. The lowest BCUT2D eigenvalue weighted by molar-refractivity contribution is 0.158. The molecule has 34 heavy (non-hydrogen) atoms. The smallest absolute Gasteiger partial charge is 0.347 e. The van der Waals surface area contributed by atoms with Gasteiger partial charge in [-0.15, -0.1) is 0 Å². The van der Waals surface area contributed by atoms with Crippen molar-refractivity contribution < 1.29 is 33.4 Å². The van der Waals surface area contributed by atoms with E-state index in [2.05, 4.69) is 5.73 Å². The maximum atomic E-state index is 12.9. The van der Waals surface area contributed by atoms with E-state index < -0.39 is 17.3 Å². The summed E-state index contributed by atoms with van der Waals surface area (Å²) in [5.74, 6) is 2.19. The highest BCUT2D eigenvalue weighted by Gasteiger charge is 2.29. The fourth-order valence-electron chi connectivity index (χ4n) is 3.56. The van der Waals surface area contributed by atoms with Crippen LogP contribution in [0.4, 0.5) is 4.79 Å². The van der Waals surface area contributed by atoms with E-state index in [4.69, 9.17) is 28.6 Å². The van der Waals surface area contributed by atoms with E-state index in [0.29, 0.717) is 45.1 Å². The summed E-state index contributed by atoms with van der Waals surface area (Å²) in [6.45, 7) is 3.90. The van der Waals surface area contributed by atoms with Crippen molar-refractivity contribution in [1.29, 1.82) is 0 Å². The summed E-state index contributed by atoms with van der Waals surface area (Å²) >= 11 is 0. The van der Waals surface area contributed by atoms with Gasteiger partial charge < -0.3 is 29.1 Å². The molecule has 0 saturated carbocycles. The predicted molar refractivity (Wildman–Crippen MR) is 126 cm³/mol. The van der Waals surface area contributed by atoms with Crippen molar-refractivity contribution in [2.75, 3.05) is 21.3 Å². The molecule has 2 aromatic carbocycles. The summed E-state index contributed by atoms with van der Waals surface area (Å²) in [6, 6.07) is 7.90. The second-order valence-electron chi connectivity index (χ2n) is 7.74. The number of nitrogens with one attached hydrogen (secondary N) is 1. The summed E-state index contributed by atoms with van der Waals surface area (Å²) in [5.41, 5.74) is 6.57. The first kappa shape index (κ1) is 24.5. The van der Waals surface area contributed by atoms with Gasteiger partial charge in [-0.2, -0.15) is 0 Å². The molecule has 0 aliphatic carbocycles. The van der Waals surface area contributed by atoms with Crippen LogP contribution < -0.4 is 35.8 Å². The van der Waals surface area contributed by atoms with Gasteiger partial charge in [-0.1, -0.05) is 12.1 Å². The number of carbonyl (C=O) groups is 1. The van der Waals surface area contributed by atoms with E-state index in [1.165, 1.54) is 12.6 Å². The lowest BCUT2D eigenvalue weighted by Gasteiger charge is -2.29. The third-order valence-electron chi connectivity index (χ3n) is 5.03. The highest BCUT2D eigenvalue weighted by Crippen LogP contribution is 2.47. The van der Waals surface area contributed by atoms with Gasteiger partial charge in [0.2, 0.25) is 0 Å². The molecule has 1 aromatic heterocycles. The van der Waals surface area contributed by atoms with Crippen molar-refractivity contribution in [1.82, 2.24) is 5.48 Å². The van der Waals surface area contributed by atoms with Crippen molar-refractivity contribution in [2.45, 2.75) is 19.4 Å². The third kappa shape index (κ3) is 4.76. The maximum Gasteiger partial charge on any atom is 0.347 e. The highest BCUT2D eigenvalue weighted by molar-refractivity contribution is 5.99. The Balaban J connectivity index is 0.000000588. The zero-order valence-electron chi connectivity index (χ0n) is 19.4. The zero-order chi connectivity index (χ0) is 25.0. The zero-order valence-corrected chi connectivity index (χ0v) is 19.4. The number of fused-ring (bicyclic) bond motifs is 2. The normalized spacial score (nSPS) is 13.1. The number of hydrogen-bond donors (Lipinski definition) is 3. The molecule has 0 atom stereocenters. The minimum atomic E-state index is -0.940. The highest BCUT2D eigenvalue weighted by atomic mass is 16.5. The van der Waals surface area contributed by atoms with E-state index in [1.54, 1.807) is 44.6 Å². The minimum absolute atomic E-state index is 0.321. The van der Waals surface area contributed by atoms with Crippen LogP contribution in [0, 0.1) is 0 Å². The number of urea groups is 1. The van der Waals surface area contributed by atoms with Crippen LogP contribution in [0.2, 0.25) is 0 Å². The number of hydrogen-bond acceptors (Lipinski definition) is 8. The standard InChI is InChI=1S/C23H22O6.CH4N2O2/c1-23(2)11-10-15-16(29-23)12-17-19(20(15)26-4)21(27-5)18(22(24)28-17)13-6-8-14(25-3)9-7-13;2-1(4)3-5/h6-12H,1-5H3;5H,(H3,2,3,4). The molecular weight excluding hydrogens is 444 g/mol. The molecule has 10 heteroatoms. The van der Waals surface area contributed by atoms with Crippen LogP contribution in [-0.4, -0.2) is 38.2 Å². The van der Waals surface area contributed by atoms with Gasteiger partial charge in [0, 0.05) is 6.07 Å². The summed E-state index contributed by atoms with van der Waals surface area (Å²) in [4.78, 5) is 22.1. The quantitative estimate of drug-likeness (QED) is 0.297. The molecule has 1 aliphatic rings. The third-order valence-corrected chi connectivity index (χ3v) is 5.03. The number of primary amides is 1.